The quantitative estimate of drug-likeness (QED) is 0.357. The standard InChI is InChI=1S/C15H12IN5/c16-11-8-4-7-10-12(11)14(19-15(17)18)21-20-13(10)9-5-2-1-3-6-9/h1-8H,(H4,17,18,19,21). The molecule has 0 amide bonds. The van der Waals surface area contributed by atoms with E-state index in [0.29, 0.717) is 5.82 Å². The lowest BCUT2D eigenvalue weighted by atomic mass is 10.0. The van der Waals surface area contributed by atoms with Gasteiger partial charge in [0.05, 0.1) is 0 Å². The van der Waals surface area contributed by atoms with Gasteiger partial charge in [-0.3, -0.25) is 5.41 Å². The molecule has 4 N–H and O–H groups in total. The van der Waals surface area contributed by atoms with Gasteiger partial charge in [0.15, 0.2) is 11.8 Å². The Balaban J connectivity index is 2.30. The minimum absolute atomic E-state index is 0.155. The maximum atomic E-state index is 7.39. The van der Waals surface area contributed by atoms with Gasteiger partial charge in [-0.05, 0) is 28.7 Å². The maximum absolute atomic E-state index is 7.39. The molecule has 0 fully saturated rings. The number of hydrogen-bond donors (Lipinski definition) is 3. The van der Waals surface area contributed by atoms with Crippen molar-refractivity contribution in [3.05, 3.63) is 52.1 Å². The molecule has 0 radical (unpaired) electrons. The number of fused-ring (bicyclic) bond motifs is 1. The van der Waals surface area contributed by atoms with Crippen LogP contribution in [0.5, 0.6) is 0 Å². The van der Waals surface area contributed by atoms with Gasteiger partial charge >= 0.3 is 0 Å². The van der Waals surface area contributed by atoms with Crippen LogP contribution in [0.2, 0.25) is 0 Å². The Hall–Kier alpha value is -2.22. The Kier molecular flexibility index (Phi) is 3.70. The molecule has 6 heteroatoms. The zero-order chi connectivity index (χ0) is 14.8. The average molecular weight is 389 g/mol. The highest BCUT2D eigenvalue weighted by Gasteiger charge is 2.13. The lowest BCUT2D eigenvalue weighted by Crippen LogP contribution is -2.21. The van der Waals surface area contributed by atoms with Crippen molar-refractivity contribution in [1.29, 1.82) is 5.41 Å². The predicted octanol–water partition coefficient (Wildman–Crippen LogP) is 3.21. The average Bonchev–Trinajstić information content (AvgIpc) is 2.48. The van der Waals surface area contributed by atoms with Crippen molar-refractivity contribution in [2.45, 2.75) is 0 Å². The minimum atomic E-state index is -0.155. The lowest BCUT2D eigenvalue weighted by Gasteiger charge is -2.11. The fourth-order valence-corrected chi connectivity index (χ4v) is 2.94. The largest absolute Gasteiger partial charge is 0.370 e. The molecule has 1 heterocycles. The summed E-state index contributed by atoms with van der Waals surface area (Å²) in [4.78, 5) is 0. The van der Waals surface area contributed by atoms with Gasteiger partial charge in [0.2, 0.25) is 0 Å². The number of halogens is 1. The number of guanidine groups is 1. The first-order valence-electron chi connectivity index (χ1n) is 6.28. The molecule has 0 aliphatic rings. The van der Waals surface area contributed by atoms with E-state index < -0.39 is 0 Å². The van der Waals surface area contributed by atoms with E-state index in [2.05, 4.69) is 38.1 Å². The molecular formula is C15H12IN5. The van der Waals surface area contributed by atoms with Crippen molar-refractivity contribution in [3.63, 3.8) is 0 Å². The number of aromatic nitrogens is 2. The highest BCUT2D eigenvalue weighted by Crippen LogP contribution is 2.32. The summed E-state index contributed by atoms with van der Waals surface area (Å²) in [6.45, 7) is 0. The maximum Gasteiger partial charge on any atom is 0.191 e. The van der Waals surface area contributed by atoms with Crippen LogP contribution in [-0.2, 0) is 0 Å². The summed E-state index contributed by atoms with van der Waals surface area (Å²) < 4.78 is 1.03. The lowest BCUT2D eigenvalue weighted by molar-refractivity contribution is 1.06. The van der Waals surface area contributed by atoms with E-state index >= 15 is 0 Å². The van der Waals surface area contributed by atoms with Gasteiger partial charge in [0, 0.05) is 19.9 Å². The second-order valence-corrected chi connectivity index (χ2v) is 5.63. The first-order chi connectivity index (χ1) is 10.2. The van der Waals surface area contributed by atoms with Gasteiger partial charge in [-0.2, -0.15) is 0 Å². The van der Waals surface area contributed by atoms with Gasteiger partial charge in [0.1, 0.15) is 5.69 Å². The summed E-state index contributed by atoms with van der Waals surface area (Å²) in [6, 6.07) is 15.9. The van der Waals surface area contributed by atoms with Crippen molar-refractivity contribution < 1.29 is 0 Å². The number of hydrogen-bond acceptors (Lipinski definition) is 3. The first-order valence-corrected chi connectivity index (χ1v) is 7.36. The summed E-state index contributed by atoms with van der Waals surface area (Å²) in [5.74, 6) is 0.347. The third-order valence-corrected chi connectivity index (χ3v) is 3.95. The molecule has 21 heavy (non-hydrogen) atoms. The van der Waals surface area contributed by atoms with Crippen LogP contribution < -0.4 is 11.1 Å². The zero-order valence-electron chi connectivity index (χ0n) is 11.0. The van der Waals surface area contributed by atoms with Crippen LogP contribution in [0.4, 0.5) is 5.82 Å². The molecule has 0 saturated carbocycles. The molecule has 3 aromatic rings. The zero-order valence-corrected chi connectivity index (χ0v) is 13.1. The summed E-state index contributed by atoms with van der Waals surface area (Å²) >= 11 is 2.25. The molecule has 1 aromatic heterocycles. The van der Waals surface area contributed by atoms with Crippen molar-refractivity contribution in [3.8, 4) is 11.3 Å². The molecular weight excluding hydrogens is 377 g/mol. The van der Waals surface area contributed by atoms with E-state index in [4.69, 9.17) is 11.1 Å². The number of nitrogens with zero attached hydrogens (tertiary/aromatic N) is 2. The van der Waals surface area contributed by atoms with Crippen LogP contribution in [0.3, 0.4) is 0 Å². The van der Waals surface area contributed by atoms with Gasteiger partial charge in [0.25, 0.3) is 0 Å². The number of rotatable bonds is 2. The van der Waals surface area contributed by atoms with Crippen molar-refractivity contribution >= 4 is 45.1 Å². The van der Waals surface area contributed by atoms with Crippen LogP contribution >= 0.6 is 22.6 Å². The molecule has 0 bridgehead atoms. The fraction of sp³-hybridized carbons (Fsp3) is 0. The molecule has 0 aliphatic carbocycles. The number of nitrogens with two attached hydrogens (primary N) is 1. The van der Waals surface area contributed by atoms with Gasteiger partial charge in [-0.15, -0.1) is 10.2 Å². The van der Waals surface area contributed by atoms with Crippen LogP contribution in [0.1, 0.15) is 0 Å². The molecule has 0 saturated heterocycles. The van der Waals surface area contributed by atoms with E-state index in [0.717, 1.165) is 25.6 Å². The Morgan fingerprint density at radius 3 is 2.52 bits per heavy atom. The summed E-state index contributed by atoms with van der Waals surface area (Å²) in [5, 5.41) is 20.5. The van der Waals surface area contributed by atoms with E-state index in [1.54, 1.807) is 0 Å². The Labute approximate surface area is 135 Å². The monoisotopic (exact) mass is 389 g/mol. The third kappa shape index (κ3) is 2.66. The van der Waals surface area contributed by atoms with Gasteiger partial charge in [-0.25, -0.2) is 0 Å². The highest BCUT2D eigenvalue weighted by atomic mass is 127. The Morgan fingerprint density at radius 2 is 1.81 bits per heavy atom. The van der Waals surface area contributed by atoms with E-state index in [1.165, 1.54) is 0 Å². The molecule has 3 rings (SSSR count). The highest BCUT2D eigenvalue weighted by molar-refractivity contribution is 14.1. The molecule has 0 atom stereocenters. The smallest absolute Gasteiger partial charge is 0.191 e. The minimum Gasteiger partial charge on any atom is -0.370 e. The van der Waals surface area contributed by atoms with Crippen molar-refractivity contribution in [2.24, 2.45) is 5.73 Å². The van der Waals surface area contributed by atoms with Crippen LogP contribution in [-0.4, -0.2) is 16.2 Å². The molecule has 0 unspecified atom stereocenters. The summed E-state index contributed by atoms with van der Waals surface area (Å²) in [7, 11) is 0. The Bertz CT molecular complexity index is 817. The van der Waals surface area contributed by atoms with Crippen molar-refractivity contribution in [2.75, 3.05) is 5.32 Å². The first kappa shape index (κ1) is 13.7. The molecule has 104 valence electrons. The number of anilines is 1. The Morgan fingerprint density at radius 1 is 1.05 bits per heavy atom. The van der Waals surface area contributed by atoms with Gasteiger partial charge in [-0.1, -0.05) is 42.5 Å². The third-order valence-electron chi connectivity index (χ3n) is 3.06. The van der Waals surface area contributed by atoms with Crippen molar-refractivity contribution in [1.82, 2.24) is 10.2 Å². The summed E-state index contributed by atoms with van der Waals surface area (Å²) in [6.07, 6.45) is 0. The van der Waals surface area contributed by atoms with Crippen LogP contribution in [0.25, 0.3) is 22.0 Å². The molecule has 2 aromatic carbocycles. The molecule has 5 nitrogen and oxygen atoms in total. The predicted molar refractivity (Wildman–Crippen MR) is 93.2 cm³/mol. The number of benzene rings is 2. The second kappa shape index (κ2) is 5.65. The topological polar surface area (TPSA) is 87.7 Å². The van der Waals surface area contributed by atoms with Crippen LogP contribution in [0, 0.1) is 8.98 Å². The van der Waals surface area contributed by atoms with Crippen LogP contribution in [0.15, 0.2) is 48.5 Å². The molecule has 0 aliphatic heterocycles. The summed E-state index contributed by atoms with van der Waals surface area (Å²) in [5.41, 5.74) is 7.24. The second-order valence-electron chi connectivity index (χ2n) is 4.46. The van der Waals surface area contributed by atoms with Gasteiger partial charge < -0.3 is 11.1 Å². The van der Waals surface area contributed by atoms with E-state index in [-0.39, 0.29) is 5.96 Å². The normalized spacial score (nSPS) is 10.5. The van der Waals surface area contributed by atoms with E-state index in [1.807, 2.05) is 48.5 Å². The SMILES string of the molecule is N=C(N)Nc1nnc(-c2ccccc2)c2cccc(I)c12. The molecule has 0 spiro atoms. The van der Waals surface area contributed by atoms with E-state index in [9.17, 15) is 0 Å². The fourth-order valence-electron chi connectivity index (χ4n) is 2.19. The number of nitrogens with one attached hydrogen (secondary N) is 2.